The van der Waals surface area contributed by atoms with Crippen LogP contribution in [0.1, 0.15) is 37.0 Å². The van der Waals surface area contributed by atoms with Gasteiger partial charge in [0.15, 0.2) is 0 Å². The van der Waals surface area contributed by atoms with Crippen LogP contribution in [0.4, 0.5) is 0 Å². The summed E-state index contributed by atoms with van der Waals surface area (Å²) in [6.07, 6.45) is 1.88. The van der Waals surface area contributed by atoms with E-state index in [0.717, 1.165) is 12.8 Å². The van der Waals surface area contributed by atoms with Crippen LogP contribution in [-0.2, 0) is 10.3 Å². The van der Waals surface area contributed by atoms with Gasteiger partial charge in [-0.2, -0.15) is 0 Å². The normalized spacial score (nSPS) is 37.6. The molecule has 2 heterocycles. The summed E-state index contributed by atoms with van der Waals surface area (Å²) in [5.41, 5.74) is 2.45. The summed E-state index contributed by atoms with van der Waals surface area (Å²) in [5.74, 6) is 0. The third-order valence-corrected chi connectivity index (χ3v) is 3.91. The number of benzene rings is 1. The van der Waals surface area contributed by atoms with E-state index in [0.29, 0.717) is 18.2 Å². The third kappa shape index (κ3) is 1.39. The van der Waals surface area contributed by atoms with Gasteiger partial charge in [0.2, 0.25) is 0 Å². The molecule has 1 unspecified atom stereocenters. The highest BCUT2D eigenvalue weighted by Gasteiger charge is 2.45. The highest BCUT2D eigenvalue weighted by atomic mass is 16.5. The Balaban J connectivity index is 1.99. The summed E-state index contributed by atoms with van der Waals surface area (Å²) in [6.45, 7) is 3.44. The quantitative estimate of drug-likeness (QED) is 0.664. The first-order chi connectivity index (χ1) is 7.71. The van der Waals surface area contributed by atoms with Crippen molar-refractivity contribution in [2.45, 2.75) is 31.5 Å². The topological polar surface area (TPSA) is 36.7 Å². The first-order valence-electron chi connectivity index (χ1n) is 6.00. The minimum atomic E-state index is -0.163. The van der Waals surface area contributed by atoms with E-state index in [1.165, 1.54) is 11.1 Å². The molecule has 1 N–H and O–H groups in total. The van der Waals surface area contributed by atoms with Crippen LogP contribution in [0.3, 0.4) is 0 Å². The monoisotopic (exact) mass is 219 g/mol. The SMILES string of the molecule is CC1OC2(CC[NH+]([O-])CC2)c2ccccc21. The molecule has 16 heavy (non-hydrogen) atoms. The number of hydrogen-bond acceptors (Lipinski definition) is 2. The fraction of sp³-hybridized carbons (Fsp3) is 0.538. The molecule has 0 radical (unpaired) electrons. The Kier molecular flexibility index (Phi) is 2.28. The van der Waals surface area contributed by atoms with Gasteiger partial charge in [0, 0.05) is 12.8 Å². The molecule has 0 aliphatic carbocycles. The molecule has 1 fully saturated rings. The molecule has 0 saturated carbocycles. The van der Waals surface area contributed by atoms with Crippen LogP contribution in [0.25, 0.3) is 0 Å². The summed E-state index contributed by atoms with van der Waals surface area (Å²) < 4.78 is 6.16. The number of hydrogen-bond donors (Lipinski definition) is 1. The number of piperidine rings is 1. The maximum atomic E-state index is 11.3. The van der Waals surface area contributed by atoms with Crippen molar-refractivity contribution >= 4 is 0 Å². The van der Waals surface area contributed by atoms with E-state index in [9.17, 15) is 5.21 Å². The van der Waals surface area contributed by atoms with E-state index in [4.69, 9.17) is 4.74 Å². The van der Waals surface area contributed by atoms with Gasteiger partial charge in [-0.1, -0.05) is 24.3 Å². The predicted octanol–water partition coefficient (Wildman–Crippen LogP) is 1.15. The lowest BCUT2D eigenvalue weighted by Gasteiger charge is -2.38. The molecule has 86 valence electrons. The molecule has 1 aromatic carbocycles. The molecule has 3 rings (SSSR count). The zero-order chi connectivity index (χ0) is 11.2. The first kappa shape index (κ1) is 10.3. The second-order valence-electron chi connectivity index (χ2n) is 4.88. The van der Waals surface area contributed by atoms with Crippen LogP contribution in [0.2, 0.25) is 0 Å². The summed E-state index contributed by atoms with van der Waals surface area (Å²) >= 11 is 0. The van der Waals surface area contributed by atoms with E-state index >= 15 is 0 Å². The zero-order valence-electron chi connectivity index (χ0n) is 9.53. The second kappa shape index (κ2) is 3.55. The van der Waals surface area contributed by atoms with Gasteiger partial charge < -0.3 is 15.0 Å². The van der Waals surface area contributed by atoms with E-state index in [2.05, 4.69) is 31.2 Å². The number of nitrogens with one attached hydrogen (secondary N) is 1. The third-order valence-electron chi connectivity index (χ3n) is 3.91. The molecular weight excluding hydrogens is 202 g/mol. The minimum absolute atomic E-state index is 0.163. The smallest absolute Gasteiger partial charge is 0.105 e. The molecule has 1 atom stereocenters. The van der Waals surface area contributed by atoms with Crippen molar-refractivity contribution in [3.05, 3.63) is 40.6 Å². The Labute approximate surface area is 95.6 Å². The van der Waals surface area contributed by atoms with E-state index in [-0.39, 0.29) is 11.7 Å². The molecule has 1 spiro atoms. The van der Waals surface area contributed by atoms with Gasteiger partial charge in [-0.15, -0.1) is 0 Å². The Hall–Kier alpha value is -0.900. The van der Waals surface area contributed by atoms with Gasteiger partial charge in [0.1, 0.15) is 5.60 Å². The Bertz CT molecular complexity index is 397. The maximum Gasteiger partial charge on any atom is 0.105 e. The lowest BCUT2D eigenvalue weighted by molar-refractivity contribution is -0.857. The molecule has 0 bridgehead atoms. The van der Waals surface area contributed by atoms with Crippen LogP contribution in [0, 0.1) is 5.21 Å². The van der Waals surface area contributed by atoms with Crippen LogP contribution >= 0.6 is 0 Å². The number of ether oxygens (including phenoxy) is 1. The molecule has 0 amide bonds. The van der Waals surface area contributed by atoms with Gasteiger partial charge >= 0.3 is 0 Å². The van der Waals surface area contributed by atoms with Crippen molar-refractivity contribution in [2.75, 3.05) is 13.1 Å². The summed E-state index contributed by atoms with van der Waals surface area (Å²) in [7, 11) is 0. The number of hydroxylamine groups is 2. The highest BCUT2D eigenvalue weighted by Crippen LogP contribution is 2.47. The van der Waals surface area contributed by atoms with Crippen molar-refractivity contribution in [1.29, 1.82) is 0 Å². The zero-order valence-corrected chi connectivity index (χ0v) is 9.53. The van der Waals surface area contributed by atoms with Gasteiger partial charge in [-0.05, 0) is 18.1 Å². The maximum absolute atomic E-state index is 11.3. The van der Waals surface area contributed by atoms with Crippen molar-refractivity contribution < 1.29 is 9.80 Å². The summed E-state index contributed by atoms with van der Waals surface area (Å²) in [5, 5.41) is 11.7. The standard InChI is InChI=1S/C13H17NO2/c1-10-11-4-2-3-5-12(11)13(16-10)6-8-14(15)9-7-13/h2-5,10,14H,6-9H2,1H3. The molecule has 3 nitrogen and oxygen atoms in total. The van der Waals surface area contributed by atoms with Gasteiger partial charge in [0.05, 0.1) is 19.2 Å². The van der Waals surface area contributed by atoms with Gasteiger partial charge in [-0.3, -0.25) is 0 Å². The summed E-state index contributed by atoms with van der Waals surface area (Å²) in [4.78, 5) is 0. The molecule has 2 aliphatic rings. The number of quaternary nitrogens is 1. The Morgan fingerprint density at radius 1 is 1.31 bits per heavy atom. The van der Waals surface area contributed by atoms with E-state index in [1.54, 1.807) is 0 Å². The van der Waals surface area contributed by atoms with Crippen molar-refractivity contribution in [3.8, 4) is 0 Å². The molecule has 1 saturated heterocycles. The van der Waals surface area contributed by atoms with Gasteiger partial charge in [0.25, 0.3) is 0 Å². The van der Waals surface area contributed by atoms with Crippen LogP contribution < -0.4 is 5.06 Å². The van der Waals surface area contributed by atoms with Crippen molar-refractivity contribution in [3.63, 3.8) is 0 Å². The fourth-order valence-corrected chi connectivity index (χ4v) is 3.05. The van der Waals surface area contributed by atoms with E-state index in [1.807, 2.05) is 0 Å². The summed E-state index contributed by atoms with van der Waals surface area (Å²) in [6, 6.07) is 8.43. The van der Waals surface area contributed by atoms with Crippen molar-refractivity contribution in [1.82, 2.24) is 0 Å². The second-order valence-corrected chi connectivity index (χ2v) is 4.88. The highest BCUT2D eigenvalue weighted by molar-refractivity contribution is 5.38. The molecular formula is C13H17NO2. The minimum Gasteiger partial charge on any atom is -0.634 e. The lowest BCUT2D eigenvalue weighted by atomic mass is 9.84. The average molecular weight is 219 g/mol. The average Bonchev–Trinajstić information content (AvgIpc) is 2.58. The van der Waals surface area contributed by atoms with Crippen LogP contribution in [0.15, 0.2) is 24.3 Å². The van der Waals surface area contributed by atoms with Gasteiger partial charge in [-0.25, -0.2) is 0 Å². The Morgan fingerprint density at radius 2 is 2.00 bits per heavy atom. The predicted molar refractivity (Wildman–Crippen MR) is 60.9 cm³/mol. The lowest BCUT2D eigenvalue weighted by Crippen LogP contribution is -3.08. The Morgan fingerprint density at radius 3 is 2.75 bits per heavy atom. The number of fused-ring (bicyclic) bond motifs is 2. The van der Waals surface area contributed by atoms with Crippen molar-refractivity contribution in [2.24, 2.45) is 0 Å². The van der Waals surface area contributed by atoms with Crippen LogP contribution in [0.5, 0.6) is 0 Å². The van der Waals surface area contributed by atoms with Crippen LogP contribution in [-0.4, -0.2) is 13.1 Å². The van der Waals surface area contributed by atoms with E-state index < -0.39 is 0 Å². The molecule has 1 aromatic rings. The molecule has 3 heteroatoms. The molecule has 0 aromatic heterocycles. The first-order valence-corrected chi connectivity index (χ1v) is 6.00. The number of rotatable bonds is 0. The largest absolute Gasteiger partial charge is 0.634 e. The molecule has 2 aliphatic heterocycles. The fourth-order valence-electron chi connectivity index (χ4n) is 3.05.